The third kappa shape index (κ3) is 4.13. The van der Waals surface area contributed by atoms with Crippen molar-refractivity contribution in [3.8, 4) is 11.8 Å². The SMILES string of the molecule is Cn1cnnc1[C@H](c1cc(C#N)cc(-n2cc3c(C(F)(F)F)cc(CN4CC5(CC5)C4)cn3c2=O)c1)C1CCC1. The summed E-state index contributed by atoms with van der Waals surface area (Å²) in [4.78, 5) is 15.8. The van der Waals surface area contributed by atoms with Crippen molar-refractivity contribution in [2.45, 2.75) is 50.7 Å². The second kappa shape index (κ2) is 8.80. The number of likely N-dealkylation sites (tertiary alicyclic amines) is 1. The third-order valence-electron chi connectivity index (χ3n) is 8.96. The standard InChI is InChI=1S/C29H28F3N7O/c1-36-17-34-35-26(36)25(20-3-2-4-20)21-7-18(11-33)8-22(10-21)38-14-24-23(29(30,31)32)9-19(13-39(24)27(38)40)12-37-15-28(16-37)5-6-28/h7-10,13-14,17,20,25H,2-6,12,15-16H2,1H3/t25-/m0/s1. The van der Waals surface area contributed by atoms with Gasteiger partial charge in [-0.2, -0.15) is 18.4 Å². The molecule has 1 aromatic carbocycles. The molecule has 0 unspecified atom stereocenters. The van der Waals surface area contributed by atoms with E-state index in [0.29, 0.717) is 34.7 Å². The van der Waals surface area contributed by atoms with Gasteiger partial charge in [-0.3, -0.25) is 13.9 Å². The lowest BCUT2D eigenvalue weighted by Gasteiger charge is -2.40. The minimum Gasteiger partial charge on any atom is -0.320 e. The van der Waals surface area contributed by atoms with Crippen LogP contribution in [0, 0.1) is 22.7 Å². The lowest BCUT2D eigenvalue weighted by molar-refractivity contribution is -0.136. The number of fused-ring (bicyclic) bond motifs is 1. The Kier molecular flexibility index (Phi) is 5.52. The zero-order chi connectivity index (χ0) is 27.8. The molecule has 11 heteroatoms. The van der Waals surface area contributed by atoms with Crippen LogP contribution in [-0.2, 0) is 19.8 Å². The molecule has 2 aliphatic carbocycles. The number of pyridine rings is 1. The first-order valence-electron chi connectivity index (χ1n) is 13.6. The van der Waals surface area contributed by atoms with Crippen molar-refractivity contribution in [3.63, 3.8) is 0 Å². The molecule has 8 nitrogen and oxygen atoms in total. The summed E-state index contributed by atoms with van der Waals surface area (Å²) in [5.74, 6) is 0.901. The normalized spacial score (nSPS) is 19.4. The molecule has 1 spiro atoms. The molecule has 4 heterocycles. The van der Waals surface area contributed by atoms with Crippen molar-refractivity contribution >= 4 is 5.52 Å². The van der Waals surface area contributed by atoms with Crippen LogP contribution in [0.3, 0.4) is 0 Å². The number of nitrogens with zero attached hydrogens (tertiary/aromatic N) is 7. The van der Waals surface area contributed by atoms with Gasteiger partial charge in [0.05, 0.1) is 28.4 Å². The van der Waals surface area contributed by atoms with Gasteiger partial charge in [-0.05, 0) is 72.4 Å². The summed E-state index contributed by atoms with van der Waals surface area (Å²) in [7, 11) is 1.86. The quantitative estimate of drug-likeness (QED) is 0.351. The maximum atomic E-state index is 14.2. The Labute approximate surface area is 228 Å². The molecule has 1 saturated heterocycles. The smallest absolute Gasteiger partial charge is 0.320 e. The fourth-order valence-corrected chi connectivity index (χ4v) is 6.51. The van der Waals surface area contributed by atoms with E-state index in [-0.39, 0.29) is 11.4 Å². The average Bonchev–Trinajstić information content (AvgIpc) is 3.45. The van der Waals surface area contributed by atoms with Crippen LogP contribution in [0.15, 0.2) is 47.8 Å². The lowest BCUT2D eigenvalue weighted by Crippen LogP contribution is -2.47. The van der Waals surface area contributed by atoms with Gasteiger partial charge < -0.3 is 4.57 Å². The molecule has 0 amide bonds. The Balaban J connectivity index is 1.34. The predicted molar refractivity (Wildman–Crippen MR) is 140 cm³/mol. The first kappa shape index (κ1) is 25.1. The van der Waals surface area contributed by atoms with E-state index in [1.165, 1.54) is 29.8 Å². The van der Waals surface area contributed by atoms with Crippen molar-refractivity contribution < 1.29 is 13.2 Å². The van der Waals surface area contributed by atoms with Crippen LogP contribution >= 0.6 is 0 Å². The van der Waals surface area contributed by atoms with Crippen molar-refractivity contribution in [3.05, 3.63) is 81.5 Å². The molecule has 0 bridgehead atoms. The first-order chi connectivity index (χ1) is 19.1. The van der Waals surface area contributed by atoms with Crippen LogP contribution in [0.25, 0.3) is 11.2 Å². The van der Waals surface area contributed by atoms with Crippen LogP contribution in [0.2, 0.25) is 0 Å². The Bertz CT molecular complexity index is 1720. The highest BCUT2D eigenvalue weighted by molar-refractivity contribution is 5.58. The predicted octanol–water partition coefficient (Wildman–Crippen LogP) is 4.64. The summed E-state index contributed by atoms with van der Waals surface area (Å²) < 4.78 is 46.8. The monoisotopic (exact) mass is 547 g/mol. The van der Waals surface area contributed by atoms with Crippen LogP contribution < -0.4 is 5.69 Å². The number of benzene rings is 1. The molecule has 2 saturated carbocycles. The zero-order valence-electron chi connectivity index (χ0n) is 22.0. The van der Waals surface area contributed by atoms with Gasteiger partial charge in [0, 0.05) is 45.0 Å². The summed E-state index contributed by atoms with van der Waals surface area (Å²) in [6.07, 6.45) is 5.20. The molecule has 0 N–H and O–H groups in total. The van der Waals surface area contributed by atoms with Crippen LogP contribution in [-0.4, -0.2) is 41.7 Å². The summed E-state index contributed by atoms with van der Waals surface area (Å²) in [6.45, 7) is 2.15. The number of halogens is 3. The first-order valence-corrected chi connectivity index (χ1v) is 13.6. The fourth-order valence-electron chi connectivity index (χ4n) is 6.51. The van der Waals surface area contributed by atoms with E-state index in [2.05, 4.69) is 21.2 Å². The maximum Gasteiger partial charge on any atom is 0.418 e. The molecular weight excluding hydrogens is 519 g/mol. The van der Waals surface area contributed by atoms with E-state index in [1.54, 1.807) is 24.5 Å². The molecular formula is C29H28F3N7O. The lowest BCUT2D eigenvalue weighted by atomic mass is 9.72. The second-order valence-electron chi connectivity index (χ2n) is 11.8. The van der Waals surface area contributed by atoms with Crippen LogP contribution in [0.1, 0.15) is 66.1 Å². The highest BCUT2D eigenvalue weighted by Crippen LogP contribution is 2.53. The van der Waals surface area contributed by atoms with E-state index in [0.717, 1.165) is 54.2 Å². The average molecular weight is 548 g/mol. The molecule has 206 valence electrons. The number of aryl methyl sites for hydroxylation is 1. The number of hydrogen-bond acceptors (Lipinski definition) is 5. The van der Waals surface area contributed by atoms with Gasteiger partial charge in [0.15, 0.2) is 0 Å². The Morgan fingerprint density at radius 1 is 1.15 bits per heavy atom. The van der Waals surface area contributed by atoms with Gasteiger partial charge in [0.1, 0.15) is 12.2 Å². The van der Waals surface area contributed by atoms with Crippen molar-refractivity contribution in [1.82, 2.24) is 28.6 Å². The summed E-state index contributed by atoms with van der Waals surface area (Å²) in [5.41, 5.74) is 0.635. The largest absolute Gasteiger partial charge is 0.418 e. The van der Waals surface area contributed by atoms with Crippen molar-refractivity contribution in [2.75, 3.05) is 13.1 Å². The van der Waals surface area contributed by atoms with Crippen LogP contribution in [0.5, 0.6) is 0 Å². The number of rotatable bonds is 6. The van der Waals surface area contributed by atoms with Gasteiger partial charge in [0.2, 0.25) is 0 Å². The second-order valence-corrected chi connectivity index (χ2v) is 11.8. The Morgan fingerprint density at radius 3 is 2.52 bits per heavy atom. The van der Waals surface area contributed by atoms with E-state index in [1.807, 2.05) is 11.6 Å². The Hall–Kier alpha value is -3.91. The summed E-state index contributed by atoms with van der Waals surface area (Å²) in [6, 6.07) is 8.44. The summed E-state index contributed by atoms with van der Waals surface area (Å²) >= 11 is 0. The molecule has 0 radical (unpaired) electrons. The van der Waals surface area contributed by atoms with Gasteiger partial charge in [-0.25, -0.2) is 4.79 Å². The number of alkyl halides is 3. The zero-order valence-corrected chi connectivity index (χ0v) is 22.0. The van der Waals surface area contributed by atoms with Crippen molar-refractivity contribution in [2.24, 2.45) is 18.4 Å². The molecule has 4 aromatic rings. The number of imidazole rings is 1. The molecule has 7 rings (SSSR count). The van der Waals surface area contributed by atoms with Crippen molar-refractivity contribution in [1.29, 1.82) is 5.26 Å². The van der Waals surface area contributed by atoms with E-state index < -0.39 is 17.4 Å². The van der Waals surface area contributed by atoms with Gasteiger partial charge >= 0.3 is 11.9 Å². The molecule has 3 aliphatic rings. The molecule has 40 heavy (non-hydrogen) atoms. The third-order valence-corrected chi connectivity index (χ3v) is 8.96. The number of aromatic nitrogens is 5. The van der Waals surface area contributed by atoms with Gasteiger partial charge in [0.25, 0.3) is 0 Å². The minimum atomic E-state index is -4.63. The molecule has 3 aromatic heterocycles. The van der Waals surface area contributed by atoms with Gasteiger partial charge in [-0.15, -0.1) is 10.2 Å². The Morgan fingerprint density at radius 2 is 1.93 bits per heavy atom. The number of nitriles is 1. The van der Waals surface area contributed by atoms with E-state index in [9.17, 15) is 23.2 Å². The highest BCUT2D eigenvalue weighted by atomic mass is 19.4. The minimum absolute atomic E-state index is 0.148. The van der Waals surface area contributed by atoms with E-state index in [4.69, 9.17) is 0 Å². The maximum absolute atomic E-state index is 14.2. The number of hydrogen-bond donors (Lipinski definition) is 0. The fraction of sp³-hybridized carbons (Fsp3) is 0.448. The molecule has 3 fully saturated rings. The van der Waals surface area contributed by atoms with E-state index >= 15 is 0 Å². The summed E-state index contributed by atoms with van der Waals surface area (Å²) in [5, 5.41) is 18.2. The van der Waals surface area contributed by atoms with Crippen LogP contribution in [0.4, 0.5) is 13.2 Å². The highest BCUT2D eigenvalue weighted by Gasteiger charge is 2.52. The van der Waals surface area contributed by atoms with Gasteiger partial charge in [-0.1, -0.05) is 6.42 Å². The molecule has 1 aliphatic heterocycles. The molecule has 1 atom stereocenters. The topological polar surface area (TPSA) is 84.2 Å².